The van der Waals surface area contributed by atoms with Crippen molar-refractivity contribution in [1.82, 2.24) is 5.32 Å². The first-order valence-electron chi connectivity index (χ1n) is 8.15. The van der Waals surface area contributed by atoms with Gasteiger partial charge in [0.2, 0.25) is 5.58 Å². The number of nitrogens with zero attached hydrogens (tertiary/aromatic N) is 1. The minimum Gasteiger partial charge on any atom is -0.443 e. The van der Waals surface area contributed by atoms with E-state index in [2.05, 4.69) is 21.2 Å². The number of nitro groups is 1. The van der Waals surface area contributed by atoms with E-state index in [0.717, 1.165) is 31.7 Å². The number of benzene rings is 1. The molecule has 2 aromatic rings. The van der Waals surface area contributed by atoms with Crippen molar-refractivity contribution in [3.05, 3.63) is 48.8 Å². The van der Waals surface area contributed by atoms with Crippen LogP contribution in [-0.2, 0) is 0 Å². The highest BCUT2D eigenvalue weighted by Gasteiger charge is 2.22. The average Bonchev–Trinajstić information content (AvgIpc) is 2.60. The van der Waals surface area contributed by atoms with Gasteiger partial charge >= 0.3 is 5.69 Å². The molecule has 25 heavy (non-hydrogen) atoms. The molecule has 1 amide bonds. The van der Waals surface area contributed by atoms with Crippen LogP contribution in [0.25, 0.3) is 11.0 Å². The molecular formula is C17H17BrN2O5. The number of fused-ring (bicyclic) bond motifs is 1. The molecule has 0 unspecified atom stereocenters. The van der Waals surface area contributed by atoms with E-state index < -0.39 is 16.3 Å². The highest BCUT2D eigenvalue weighted by atomic mass is 79.9. The number of nitrogens with one attached hydrogen (secondary N) is 1. The topological polar surface area (TPSA) is 102 Å². The largest absolute Gasteiger partial charge is 0.443 e. The molecule has 1 aliphatic rings. The third-order valence-electron chi connectivity index (χ3n) is 4.47. The first-order chi connectivity index (χ1) is 12.0. The van der Waals surface area contributed by atoms with Crippen molar-refractivity contribution < 1.29 is 14.1 Å². The number of carbonyl (C=O) groups is 1. The van der Waals surface area contributed by atoms with Crippen molar-refractivity contribution in [3.8, 4) is 0 Å². The molecule has 132 valence electrons. The first-order valence-corrected chi connectivity index (χ1v) is 8.95. The van der Waals surface area contributed by atoms with Gasteiger partial charge in [-0.1, -0.05) is 35.2 Å². The number of rotatable bonds is 4. The molecule has 1 saturated carbocycles. The zero-order chi connectivity index (χ0) is 18.0. The van der Waals surface area contributed by atoms with Crippen molar-refractivity contribution >= 4 is 38.5 Å². The van der Waals surface area contributed by atoms with E-state index in [9.17, 15) is 19.7 Å². The van der Waals surface area contributed by atoms with Crippen molar-refractivity contribution in [2.24, 2.45) is 5.92 Å². The third kappa shape index (κ3) is 3.89. The minimum absolute atomic E-state index is 0.0601. The number of halogens is 1. The van der Waals surface area contributed by atoms with E-state index in [0.29, 0.717) is 16.9 Å². The summed E-state index contributed by atoms with van der Waals surface area (Å²) in [6, 6.07) is 3.77. The molecule has 1 fully saturated rings. The van der Waals surface area contributed by atoms with Gasteiger partial charge in [0, 0.05) is 23.2 Å². The molecule has 0 atom stereocenters. The standard InChI is InChI=1S/C17H17BrN2O5/c18-11-6-12-14(21)8-15(25-16(12)13(7-11)20(23)24)17(22)19-9-10-4-2-1-3-5-10/h6-8,10H,1-5,9H2,(H,19,22). The molecule has 7 nitrogen and oxygen atoms in total. The highest BCUT2D eigenvalue weighted by molar-refractivity contribution is 9.10. The van der Waals surface area contributed by atoms with Gasteiger partial charge in [-0.3, -0.25) is 19.7 Å². The van der Waals surface area contributed by atoms with Gasteiger partial charge in [0.15, 0.2) is 11.2 Å². The van der Waals surface area contributed by atoms with E-state index in [-0.39, 0.29) is 22.4 Å². The van der Waals surface area contributed by atoms with Gasteiger partial charge in [0.05, 0.1) is 10.3 Å². The summed E-state index contributed by atoms with van der Waals surface area (Å²) in [7, 11) is 0. The number of carbonyl (C=O) groups excluding carboxylic acids is 1. The molecule has 0 radical (unpaired) electrons. The molecule has 1 aliphatic carbocycles. The van der Waals surface area contributed by atoms with Gasteiger partial charge in [-0.25, -0.2) is 0 Å². The van der Waals surface area contributed by atoms with Crippen LogP contribution < -0.4 is 10.7 Å². The fourth-order valence-electron chi connectivity index (χ4n) is 3.17. The predicted molar refractivity (Wildman–Crippen MR) is 95.7 cm³/mol. The molecule has 1 aromatic heterocycles. The average molecular weight is 409 g/mol. The zero-order valence-electron chi connectivity index (χ0n) is 13.4. The van der Waals surface area contributed by atoms with E-state index in [4.69, 9.17) is 4.42 Å². The van der Waals surface area contributed by atoms with Crippen LogP contribution in [0.3, 0.4) is 0 Å². The van der Waals surface area contributed by atoms with Crippen LogP contribution >= 0.6 is 15.9 Å². The van der Waals surface area contributed by atoms with E-state index in [1.54, 1.807) is 0 Å². The molecule has 0 bridgehead atoms. The normalized spacial score (nSPS) is 15.2. The van der Waals surface area contributed by atoms with Crippen LogP contribution in [0.15, 0.2) is 31.9 Å². The van der Waals surface area contributed by atoms with E-state index in [1.807, 2.05) is 0 Å². The maximum Gasteiger partial charge on any atom is 0.313 e. The lowest BCUT2D eigenvalue weighted by atomic mass is 9.89. The van der Waals surface area contributed by atoms with Crippen molar-refractivity contribution in [2.45, 2.75) is 32.1 Å². The molecule has 1 N–H and O–H groups in total. The number of amides is 1. The monoisotopic (exact) mass is 408 g/mol. The van der Waals surface area contributed by atoms with Crippen molar-refractivity contribution in [1.29, 1.82) is 0 Å². The van der Waals surface area contributed by atoms with Gasteiger partial charge in [-0.2, -0.15) is 0 Å². The van der Waals surface area contributed by atoms with E-state index in [1.165, 1.54) is 18.6 Å². The van der Waals surface area contributed by atoms with E-state index >= 15 is 0 Å². The molecule has 1 heterocycles. The number of hydrogen-bond acceptors (Lipinski definition) is 5. The Balaban J connectivity index is 1.90. The first kappa shape index (κ1) is 17.6. The van der Waals surface area contributed by atoms with Crippen molar-refractivity contribution in [2.75, 3.05) is 6.54 Å². The van der Waals surface area contributed by atoms with Gasteiger partial charge in [0.25, 0.3) is 5.91 Å². The maximum absolute atomic E-state index is 12.3. The Morgan fingerprint density at radius 2 is 2.00 bits per heavy atom. The van der Waals surface area contributed by atoms with Crippen LogP contribution in [0, 0.1) is 16.0 Å². The lowest BCUT2D eigenvalue weighted by Gasteiger charge is -2.21. The summed E-state index contributed by atoms with van der Waals surface area (Å²) in [5, 5.41) is 14.0. The van der Waals surface area contributed by atoms with Crippen LogP contribution in [0.4, 0.5) is 5.69 Å². The Bertz CT molecular complexity index is 886. The Morgan fingerprint density at radius 3 is 2.68 bits per heavy atom. The SMILES string of the molecule is O=C(NCC1CCCCC1)c1cc(=O)c2cc(Br)cc([N+](=O)[O-])c2o1. The van der Waals surface area contributed by atoms with Crippen LogP contribution in [0.1, 0.15) is 42.7 Å². The summed E-state index contributed by atoms with van der Waals surface area (Å²) >= 11 is 3.14. The quantitative estimate of drug-likeness (QED) is 0.612. The number of nitro benzene ring substituents is 1. The molecular weight excluding hydrogens is 392 g/mol. The second-order valence-corrected chi connectivity index (χ2v) is 7.16. The Kier molecular flexibility index (Phi) is 5.17. The Labute approximate surface area is 151 Å². The van der Waals surface area contributed by atoms with Crippen LogP contribution in [0.5, 0.6) is 0 Å². The number of non-ortho nitro benzene ring substituents is 1. The summed E-state index contributed by atoms with van der Waals surface area (Å²) in [5.74, 6) is -0.310. The predicted octanol–water partition coefficient (Wildman–Crippen LogP) is 3.77. The van der Waals surface area contributed by atoms with Crippen LogP contribution in [0.2, 0.25) is 0 Å². The summed E-state index contributed by atoms with van der Waals surface area (Å²) in [4.78, 5) is 35.1. The van der Waals surface area contributed by atoms with Gasteiger partial charge in [0.1, 0.15) is 0 Å². The summed E-state index contributed by atoms with van der Waals surface area (Å²) in [6.45, 7) is 0.517. The fourth-order valence-corrected chi connectivity index (χ4v) is 3.61. The molecule has 0 spiro atoms. The number of hydrogen-bond donors (Lipinski definition) is 1. The molecule has 0 saturated heterocycles. The lowest BCUT2D eigenvalue weighted by molar-refractivity contribution is -0.383. The maximum atomic E-state index is 12.3. The van der Waals surface area contributed by atoms with Crippen molar-refractivity contribution in [3.63, 3.8) is 0 Å². The molecule has 3 rings (SSSR count). The smallest absolute Gasteiger partial charge is 0.313 e. The molecule has 8 heteroatoms. The highest BCUT2D eigenvalue weighted by Crippen LogP contribution is 2.29. The third-order valence-corrected chi connectivity index (χ3v) is 4.93. The zero-order valence-corrected chi connectivity index (χ0v) is 15.0. The molecule has 1 aromatic carbocycles. The van der Waals surface area contributed by atoms with Crippen LogP contribution in [-0.4, -0.2) is 17.4 Å². The second-order valence-electron chi connectivity index (χ2n) is 6.25. The summed E-state index contributed by atoms with van der Waals surface area (Å²) in [5.41, 5.74) is -1.04. The van der Waals surface area contributed by atoms with Gasteiger partial charge in [-0.15, -0.1) is 0 Å². The fraction of sp³-hybridized carbons (Fsp3) is 0.412. The summed E-state index contributed by atoms with van der Waals surface area (Å²) < 4.78 is 5.81. The molecule has 0 aliphatic heterocycles. The summed E-state index contributed by atoms with van der Waals surface area (Å²) in [6.07, 6.45) is 5.69. The minimum atomic E-state index is -0.639. The van der Waals surface area contributed by atoms with Gasteiger partial charge < -0.3 is 9.73 Å². The lowest BCUT2D eigenvalue weighted by Crippen LogP contribution is -2.30. The Hall–Kier alpha value is -2.22. The Morgan fingerprint density at radius 1 is 1.28 bits per heavy atom. The van der Waals surface area contributed by atoms with Gasteiger partial charge in [-0.05, 0) is 24.8 Å². The second kappa shape index (κ2) is 7.35.